The molecule has 1 atom stereocenters. The molecule has 21 heavy (non-hydrogen) atoms. The van der Waals surface area contributed by atoms with Crippen molar-refractivity contribution in [2.45, 2.75) is 43.7 Å². The van der Waals surface area contributed by atoms with E-state index in [1.165, 1.54) is 0 Å². The van der Waals surface area contributed by atoms with Gasteiger partial charge in [0.25, 0.3) is 0 Å². The third-order valence-corrected chi connectivity index (χ3v) is 4.15. The number of nitrogens with one attached hydrogen (secondary N) is 1. The summed E-state index contributed by atoms with van der Waals surface area (Å²) in [6.07, 6.45) is 4.07. The number of hydrogen-bond donors (Lipinski definition) is 2. The SMILES string of the molecule is N[C@@H](CCNC1(C(=O)OC=O)CCCC1)c1ccccc1. The smallest absolute Gasteiger partial charge is 0.333 e. The summed E-state index contributed by atoms with van der Waals surface area (Å²) in [7, 11) is 0. The van der Waals surface area contributed by atoms with E-state index in [0.717, 1.165) is 24.8 Å². The van der Waals surface area contributed by atoms with E-state index in [1.807, 2.05) is 30.3 Å². The van der Waals surface area contributed by atoms with Crippen LogP contribution in [0.3, 0.4) is 0 Å². The van der Waals surface area contributed by atoms with Crippen molar-refractivity contribution in [2.75, 3.05) is 6.54 Å². The van der Waals surface area contributed by atoms with Crippen molar-refractivity contribution in [1.82, 2.24) is 5.32 Å². The van der Waals surface area contributed by atoms with E-state index < -0.39 is 11.5 Å². The molecule has 3 N–H and O–H groups in total. The first-order valence-electron chi connectivity index (χ1n) is 7.38. The van der Waals surface area contributed by atoms with Crippen molar-refractivity contribution < 1.29 is 14.3 Å². The Morgan fingerprint density at radius 3 is 2.62 bits per heavy atom. The van der Waals surface area contributed by atoms with Gasteiger partial charge in [-0.25, -0.2) is 4.79 Å². The molecule has 1 aromatic rings. The van der Waals surface area contributed by atoms with E-state index in [4.69, 9.17) is 5.73 Å². The van der Waals surface area contributed by atoms with Crippen LogP contribution in [0.5, 0.6) is 0 Å². The van der Waals surface area contributed by atoms with Crippen LogP contribution in [0.4, 0.5) is 0 Å². The predicted molar refractivity (Wildman–Crippen MR) is 79.3 cm³/mol. The van der Waals surface area contributed by atoms with Crippen molar-refractivity contribution in [3.63, 3.8) is 0 Å². The van der Waals surface area contributed by atoms with Crippen molar-refractivity contribution in [3.05, 3.63) is 35.9 Å². The maximum Gasteiger partial charge on any atom is 0.333 e. The monoisotopic (exact) mass is 290 g/mol. The fourth-order valence-electron chi connectivity index (χ4n) is 2.92. The van der Waals surface area contributed by atoms with E-state index in [0.29, 0.717) is 19.4 Å². The van der Waals surface area contributed by atoms with E-state index >= 15 is 0 Å². The lowest BCUT2D eigenvalue weighted by molar-refractivity contribution is -0.157. The molecule has 1 aromatic carbocycles. The minimum absolute atomic E-state index is 0.0701. The van der Waals surface area contributed by atoms with E-state index in [1.54, 1.807) is 0 Å². The second-order valence-corrected chi connectivity index (χ2v) is 5.52. The van der Waals surface area contributed by atoms with Crippen molar-refractivity contribution in [1.29, 1.82) is 0 Å². The lowest BCUT2D eigenvalue weighted by atomic mass is 9.97. The van der Waals surface area contributed by atoms with E-state index in [-0.39, 0.29) is 12.5 Å². The maximum atomic E-state index is 12.0. The van der Waals surface area contributed by atoms with Crippen LogP contribution in [0.15, 0.2) is 30.3 Å². The zero-order valence-electron chi connectivity index (χ0n) is 12.1. The molecule has 1 saturated carbocycles. The van der Waals surface area contributed by atoms with Crippen LogP contribution in [-0.2, 0) is 14.3 Å². The van der Waals surface area contributed by atoms with Crippen molar-refractivity contribution in [2.24, 2.45) is 5.73 Å². The fourth-order valence-corrected chi connectivity index (χ4v) is 2.92. The Morgan fingerprint density at radius 2 is 2.00 bits per heavy atom. The van der Waals surface area contributed by atoms with Crippen LogP contribution >= 0.6 is 0 Å². The molecule has 5 nitrogen and oxygen atoms in total. The summed E-state index contributed by atoms with van der Waals surface area (Å²) >= 11 is 0. The molecule has 1 aliphatic carbocycles. The van der Waals surface area contributed by atoms with Gasteiger partial charge in [-0.1, -0.05) is 43.2 Å². The van der Waals surface area contributed by atoms with Gasteiger partial charge in [-0.3, -0.25) is 4.79 Å². The molecule has 0 aromatic heterocycles. The molecule has 0 unspecified atom stereocenters. The minimum Gasteiger partial charge on any atom is -0.394 e. The first-order valence-corrected chi connectivity index (χ1v) is 7.38. The highest BCUT2D eigenvalue weighted by Gasteiger charge is 2.42. The highest BCUT2D eigenvalue weighted by molar-refractivity contribution is 5.85. The number of carbonyl (C=O) groups excluding carboxylic acids is 2. The van der Waals surface area contributed by atoms with Gasteiger partial charge in [-0.15, -0.1) is 0 Å². The van der Waals surface area contributed by atoms with Gasteiger partial charge in [0.1, 0.15) is 5.54 Å². The topological polar surface area (TPSA) is 81.4 Å². The van der Waals surface area contributed by atoms with Crippen LogP contribution < -0.4 is 11.1 Å². The Kier molecular flexibility index (Phi) is 5.47. The average Bonchev–Trinajstić information content (AvgIpc) is 2.98. The van der Waals surface area contributed by atoms with Crippen LogP contribution in [-0.4, -0.2) is 24.5 Å². The normalized spacial score (nSPS) is 18.1. The molecule has 5 heteroatoms. The molecule has 0 spiro atoms. The second-order valence-electron chi connectivity index (χ2n) is 5.52. The van der Waals surface area contributed by atoms with Gasteiger partial charge in [0, 0.05) is 6.04 Å². The predicted octanol–water partition coefficient (Wildman–Crippen LogP) is 1.68. The Bertz CT molecular complexity index is 470. The Balaban J connectivity index is 1.88. The minimum atomic E-state index is -0.711. The lowest BCUT2D eigenvalue weighted by Crippen LogP contribution is -2.51. The molecule has 2 rings (SSSR count). The van der Waals surface area contributed by atoms with Crippen LogP contribution in [0.1, 0.15) is 43.7 Å². The zero-order valence-corrected chi connectivity index (χ0v) is 12.1. The Hall–Kier alpha value is -1.72. The number of rotatable bonds is 7. The van der Waals surface area contributed by atoms with Gasteiger partial charge in [-0.2, -0.15) is 0 Å². The molecule has 1 aliphatic rings. The molecular formula is C16H22N2O3. The summed E-state index contributed by atoms with van der Waals surface area (Å²) in [5.74, 6) is -0.469. The average molecular weight is 290 g/mol. The van der Waals surface area contributed by atoms with Gasteiger partial charge in [0.2, 0.25) is 0 Å². The summed E-state index contributed by atoms with van der Waals surface area (Å²) in [5, 5.41) is 3.27. The first kappa shape index (κ1) is 15.7. The first-order chi connectivity index (χ1) is 10.2. The summed E-state index contributed by atoms with van der Waals surface area (Å²) < 4.78 is 4.56. The highest BCUT2D eigenvalue weighted by atomic mass is 16.6. The standard InChI is InChI=1S/C16H22N2O3/c17-14(13-6-2-1-3-7-13)8-11-18-16(9-4-5-10-16)15(20)21-12-19/h1-3,6-7,12,14,18H,4-5,8-11,17H2/t14-/m0/s1. The molecule has 0 aliphatic heterocycles. The van der Waals surface area contributed by atoms with Gasteiger partial charge in [0.15, 0.2) is 0 Å². The number of ether oxygens (including phenoxy) is 1. The number of esters is 1. The quantitative estimate of drug-likeness (QED) is 0.453. The highest BCUT2D eigenvalue weighted by Crippen LogP contribution is 2.31. The second kappa shape index (κ2) is 7.33. The number of benzene rings is 1. The van der Waals surface area contributed by atoms with Crippen LogP contribution in [0, 0.1) is 0 Å². The molecule has 114 valence electrons. The third kappa shape index (κ3) is 3.89. The largest absolute Gasteiger partial charge is 0.394 e. The Morgan fingerprint density at radius 1 is 1.33 bits per heavy atom. The number of nitrogens with two attached hydrogens (primary N) is 1. The van der Waals surface area contributed by atoms with Crippen LogP contribution in [0.2, 0.25) is 0 Å². The summed E-state index contributed by atoms with van der Waals surface area (Å²) in [4.78, 5) is 22.4. The van der Waals surface area contributed by atoms with E-state index in [9.17, 15) is 9.59 Å². The lowest BCUT2D eigenvalue weighted by Gasteiger charge is -2.27. The van der Waals surface area contributed by atoms with Gasteiger partial charge < -0.3 is 15.8 Å². The maximum absolute atomic E-state index is 12.0. The van der Waals surface area contributed by atoms with Crippen molar-refractivity contribution in [3.8, 4) is 0 Å². The summed E-state index contributed by atoms with van der Waals surface area (Å²) in [6.45, 7) is 0.823. The summed E-state index contributed by atoms with van der Waals surface area (Å²) in [6, 6.07) is 9.80. The van der Waals surface area contributed by atoms with Crippen LogP contribution in [0.25, 0.3) is 0 Å². The molecule has 0 bridgehead atoms. The molecule has 0 heterocycles. The third-order valence-electron chi connectivity index (χ3n) is 4.15. The molecule has 0 amide bonds. The summed E-state index contributed by atoms with van der Waals surface area (Å²) in [5.41, 5.74) is 6.51. The van der Waals surface area contributed by atoms with Crippen molar-refractivity contribution >= 4 is 12.4 Å². The van der Waals surface area contributed by atoms with Gasteiger partial charge in [0.05, 0.1) is 0 Å². The molecular weight excluding hydrogens is 268 g/mol. The van der Waals surface area contributed by atoms with Gasteiger partial charge in [-0.05, 0) is 31.4 Å². The number of carbonyl (C=O) groups is 2. The number of hydrogen-bond acceptors (Lipinski definition) is 5. The zero-order chi connectivity index (χ0) is 15.1. The Labute approximate surface area is 124 Å². The molecule has 1 fully saturated rings. The van der Waals surface area contributed by atoms with E-state index in [2.05, 4.69) is 10.1 Å². The molecule has 0 radical (unpaired) electrons. The van der Waals surface area contributed by atoms with Gasteiger partial charge >= 0.3 is 12.4 Å². The molecule has 0 saturated heterocycles. The fraction of sp³-hybridized carbons (Fsp3) is 0.500.